The third-order valence-corrected chi connectivity index (χ3v) is 18.4. The minimum absolute atomic E-state index is 0.0498. The first-order valence-corrected chi connectivity index (χ1v) is 17.4. The van der Waals surface area contributed by atoms with E-state index < -0.39 is 16.1 Å². The van der Waals surface area contributed by atoms with Crippen molar-refractivity contribution in [3.8, 4) is 0 Å². The Kier molecular flexibility index (Phi) is 3.87. The van der Waals surface area contributed by atoms with Gasteiger partial charge in [0.2, 0.25) is 0 Å². The standard InChI is InChI=1S/C16H28P2Si2/c1-19(2,3)14-8-7-13-12-9-10-18(16(13)17-14)15(11-12)20(4,5)6/h8-13,16-17H,7H2,1-6H3. The van der Waals surface area contributed by atoms with Crippen molar-refractivity contribution in [1.29, 1.82) is 0 Å². The van der Waals surface area contributed by atoms with Gasteiger partial charge in [-0.2, -0.15) is 0 Å². The third kappa shape index (κ3) is 2.62. The minimum atomic E-state index is -1.12. The number of rotatable bonds is 2. The molecule has 0 radical (unpaired) electrons. The summed E-state index contributed by atoms with van der Waals surface area (Å²) in [4.78, 5) is 3.81. The van der Waals surface area contributed by atoms with Gasteiger partial charge in [-0.15, -0.1) is 0 Å². The molecule has 0 aromatic rings. The maximum atomic E-state index is 2.71. The van der Waals surface area contributed by atoms with Crippen LogP contribution >= 0.6 is 16.5 Å². The van der Waals surface area contributed by atoms with E-state index in [0.29, 0.717) is 0 Å². The highest BCUT2D eigenvalue weighted by Gasteiger charge is 2.46. The summed E-state index contributed by atoms with van der Waals surface area (Å²) in [7, 11) is -1.01. The van der Waals surface area contributed by atoms with Gasteiger partial charge in [0, 0.05) is 5.40 Å². The van der Waals surface area contributed by atoms with Crippen molar-refractivity contribution in [2.75, 3.05) is 0 Å². The Balaban J connectivity index is 1.92. The van der Waals surface area contributed by atoms with E-state index in [9.17, 15) is 0 Å². The second-order valence-electron chi connectivity index (χ2n) is 8.48. The van der Waals surface area contributed by atoms with Gasteiger partial charge in [-0.25, -0.2) is 0 Å². The quantitative estimate of drug-likeness (QED) is 0.417. The molecular formula is C16H28P2Si2. The molecule has 4 aliphatic heterocycles. The molecule has 0 aliphatic carbocycles. The first-order chi connectivity index (χ1) is 9.18. The fourth-order valence-electron chi connectivity index (χ4n) is 3.62. The second-order valence-corrected chi connectivity index (χ2v) is 23.6. The van der Waals surface area contributed by atoms with Gasteiger partial charge in [0.15, 0.2) is 0 Å². The van der Waals surface area contributed by atoms with E-state index in [1.54, 1.807) is 0 Å². The molecule has 0 nitrogen and oxygen atoms in total. The van der Waals surface area contributed by atoms with Gasteiger partial charge in [-0.1, -0.05) is 89.7 Å². The molecule has 0 amide bonds. The van der Waals surface area contributed by atoms with Gasteiger partial charge in [0.05, 0.1) is 16.1 Å². The molecule has 0 saturated carbocycles. The van der Waals surface area contributed by atoms with Crippen LogP contribution in [0.3, 0.4) is 0 Å². The monoisotopic (exact) mass is 338 g/mol. The summed E-state index contributed by atoms with van der Waals surface area (Å²) < 4.78 is 0. The molecular weight excluding hydrogens is 310 g/mol. The van der Waals surface area contributed by atoms with Crippen molar-refractivity contribution in [2.24, 2.45) is 11.8 Å². The second kappa shape index (κ2) is 5.02. The largest absolute Gasteiger partial charge is 0.0911 e. The van der Waals surface area contributed by atoms with E-state index in [1.807, 2.05) is 9.87 Å². The van der Waals surface area contributed by atoms with Crippen LogP contribution in [-0.4, -0.2) is 21.5 Å². The summed E-state index contributed by atoms with van der Waals surface area (Å²) >= 11 is 0. The number of hydrogen-bond donors (Lipinski definition) is 0. The molecule has 0 aromatic carbocycles. The third-order valence-electron chi connectivity index (χ3n) is 4.77. The van der Waals surface area contributed by atoms with Gasteiger partial charge < -0.3 is 0 Å². The lowest BCUT2D eigenvalue weighted by Gasteiger charge is -2.50. The topological polar surface area (TPSA) is 0 Å². The molecule has 4 rings (SSSR count). The molecule has 20 heavy (non-hydrogen) atoms. The fourth-order valence-corrected chi connectivity index (χ4v) is 16.6. The van der Waals surface area contributed by atoms with E-state index in [0.717, 1.165) is 25.8 Å². The molecule has 2 bridgehead atoms. The summed E-state index contributed by atoms with van der Waals surface area (Å²) in [6, 6.07) is 0. The molecule has 4 aliphatic rings. The lowest BCUT2D eigenvalue weighted by Crippen LogP contribution is -2.37. The van der Waals surface area contributed by atoms with E-state index in [-0.39, 0.29) is 7.92 Å². The van der Waals surface area contributed by atoms with Gasteiger partial charge in [-0.05, 0) is 18.3 Å². The van der Waals surface area contributed by atoms with Crippen molar-refractivity contribution in [1.82, 2.24) is 0 Å². The zero-order valence-corrected chi connectivity index (χ0v) is 17.6. The summed E-state index contributed by atoms with van der Waals surface area (Å²) in [5, 5.41) is 1.01. The molecule has 5 unspecified atom stereocenters. The predicted molar refractivity (Wildman–Crippen MR) is 103 cm³/mol. The zero-order chi connectivity index (χ0) is 14.7. The van der Waals surface area contributed by atoms with Gasteiger partial charge >= 0.3 is 0 Å². The Bertz CT molecular complexity index is 506. The lowest BCUT2D eigenvalue weighted by atomic mass is 9.90. The molecule has 0 N–H and O–H groups in total. The lowest BCUT2D eigenvalue weighted by molar-refractivity contribution is 0.479. The average Bonchev–Trinajstić information content (AvgIpc) is 2.37. The normalized spacial score (nSPS) is 37.7. The van der Waals surface area contributed by atoms with E-state index in [1.165, 1.54) is 6.42 Å². The Morgan fingerprint density at radius 1 is 1.10 bits per heavy atom. The summed E-state index contributed by atoms with van der Waals surface area (Å²) in [6.07, 6.45) is 9.27. The summed E-state index contributed by atoms with van der Waals surface area (Å²) in [5.74, 6) is 4.36. The molecule has 4 heteroatoms. The smallest absolute Gasteiger partial charge is 0.0782 e. The molecule has 0 fully saturated rings. The molecule has 0 aromatic heterocycles. The van der Waals surface area contributed by atoms with Crippen molar-refractivity contribution in [3.63, 3.8) is 0 Å². The van der Waals surface area contributed by atoms with Crippen LogP contribution in [0, 0.1) is 11.8 Å². The summed E-state index contributed by atoms with van der Waals surface area (Å²) in [6.45, 7) is 15.2. The maximum absolute atomic E-state index is 2.71. The zero-order valence-electron chi connectivity index (χ0n) is 13.7. The Labute approximate surface area is 129 Å². The van der Waals surface area contributed by atoms with E-state index in [4.69, 9.17) is 0 Å². The molecule has 0 spiro atoms. The Morgan fingerprint density at radius 2 is 1.80 bits per heavy atom. The fraction of sp³-hybridized carbons (Fsp3) is 0.625. The van der Waals surface area contributed by atoms with Gasteiger partial charge in [-0.3, -0.25) is 0 Å². The predicted octanol–water partition coefficient (Wildman–Crippen LogP) is 6.17. The van der Waals surface area contributed by atoms with Crippen molar-refractivity contribution in [2.45, 2.75) is 51.1 Å². The van der Waals surface area contributed by atoms with Crippen LogP contribution in [0.4, 0.5) is 0 Å². The highest BCUT2D eigenvalue weighted by Crippen LogP contribution is 2.71. The van der Waals surface area contributed by atoms with Gasteiger partial charge in [0.25, 0.3) is 0 Å². The molecule has 110 valence electrons. The maximum Gasteiger partial charge on any atom is 0.0782 e. The van der Waals surface area contributed by atoms with Crippen LogP contribution in [0.2, 0.25) is 39.3 Å². The Hall–Kier alpha value is 0.514. The minimum Gasteiger partial charge on any atom is -0.0911 e. The van der Waals surface area contributed by atoms with Gasteiger partial charge in [0.1, 0.15) is 0 Å². The van der Waals surface area contributed by atoms with Crippen molar-refractivity contribution < 1.29 is 0 Å². The van der Waals surface area contributed by atoms with Crippen molar-refractivity contribution in [3.05, 3.63) is 33.9 Å². The average molecular weight is 339 g/mol. The van der Waals surface area contributed by atoms with Crippen molar-refractivity contribution >= 4 is 32.7 Å². The first kappa shape index (κ1) is 15.4. The van der Waals surface area contributed by atoms with Crippen LogP contribution in [0.1, 0.15) is 6.42 Å². The highest BCUT2D eigenvalue weighted by atomic mass is 31.2. The highest BCUT2D eigenvalue weighted by molar-refractivity contribution is 7.78. The van der Waals surface area contributed by atoms with Crippen LogP contribution < -0.4 is 0 Å². The van der Waals surface area contributed by atoms with E-state index in [2.05, 4.69) is 63.3 Å². The number of hydrogen-bond acceptors (Lipinski definition) is 0. The molecule has 0 saturated heterocycles. The molecule has 5 atom stereocenters. The van der Waals surface area contributed by atoms with Crippen LogP contribution in [0.25, 0.3) is 0 Å². The van der Waals surface area contributed by atoms with Crippen LogP contribution in [0.15, 0.2) is 33.9 Å². The molecule has 4 heterocycles. The SMILES string of the molecule is C[Si](C)(C)C1=CCC2C3C=CP(C([Si](C)(C)C)=C3)C2P1. The van der Waals surface area contributed by atoms with Crippen LogP contribution in [0.5, 0.6) is 0 Å². The Morgan fingerprint density at radius 3 is 2.40 bits per heavy atom. The van der Waals surface area contributed by atoms with Crippen LogP contribution in [-0.2, 0) is 0 Å². The van der Waals surface area contributed by atoms with E-state index >= 15 is 0 Å². The summed E-state index contributed by atoms with van der Waals surface area (Å²) in [5.41, 5.74) is 0. The first-order valence-electron chi connectivity index (χ1n) is 7.84. The number of allylic oxidation sites excluding steroid dienone is 3.